The Bertz CT molecular complexity index is 442. The van der Waals surface area contributed by atoms with E-state index in [-0.39, 0.29) is 0 Å². The number of hydrogen-bond donors (Lipinski definition) is 0. The molecule has 0 unspecified atom stereocenters. The van der Waals surface area contributed by atoms with E-state index in [4.69, 9.17) is 16.3 Å². The van der Waals surface area contributed by atoms with Crippen LogP contribution in [0, 0.1) is 0 Å². The minimum absolute atomic E-state index is 0.614. The molecule has 0 aliphatic rings. The Kier molecular flexibility index (Phi) is 2.07. The van der Waals surface area contributed by atoms with Gasteiger partial charge in [0, 0.05) is 17.8 Å². The third-order valence-corrected chi connectivity index (χ3v) is 2.21. The van der Waals surface area contributed by atoms with Crippen molar-refractivity contribution >= 4 is 22.4 Å². The van der Waals surface area contributed by atoms with Gasteiger partial charge in [0.25, 0.3) is 0 Å². The largest absolute Gasteiger partial charge is 0.495 e. The molecule has 1 aromatic carbocycles. The van der Waals surface area contributed by atoms with Crippen LogP contribution in [0.4, 0.5) is 0 Å². The van der Waals surface area contributed by atoms with E-state index in [1.54, 1.807) is 19.5 Å². The summed E-state index contributed by atoms with van der Waals surface area (Å²) < 4.78 is 5.10. The van der Waals surface area contributed by atoms with E-state index in [1.165, 1.54) is 0 Å². The zero-order valence-corrected chi connectivity index (χ0v) is 7.88. The van der Waals surface area contributed by atoms with Crippen LogP contribution in [-0.4, -0.2) is 12.1 Å². The van der Waals surface area contributed by atoms with E-state index in [2.05, 4.69) is 4.98 Å². The number of nitrogens with zero attached hydrogens (tertiary/aromatic N) is 1. The van der Waals surface area contributed by atoms with Gasteiger partial charge in [-0.1, -0.05) is 11.6 Å². The summed E-state index contributed by atoms with van der Waals surface area (Å²) in [6.45, 7) is 0. The molecule has 2 aromatic rings. The lowest BCUT2D eigenvalue weighted by atomic mass is 10.2. The average Bonchev–Trinajstić information content (AvgIpc) is 2.17. The second kappa shape index (κ2) is 3.23. The molecule has 2 nitrogen and oxygen atoms in total. The highest BCUT2D eigenvalue weighted by Gasteiger charge is 2.01. The van der Waals surface area contributed by atoms with Crippen molar-refractivity contribution in [2.24, 2.45) is 0 Å². The molecule has 0 fully saturated rings. The van der Waals surface area contributed by atoms with Gasteiger partial charge in [-0.25, -0.2) is 0 Å². The van der Waals surface area contributed by atoms with Crippen LogP contribution in [-0.2, 0) is 0 Å². The monoisotopic (exact) mass is 193 g/mol. The molecule has 0 N–H and O–H groups in total. The van der Waals surface area contributed by atoms with Crippen LogP contribution in [0.3, 0.4) is 0 Å². The first-order valence-electron chi connectivity index (χ1n) is 3.88. The standard InChI is InChI=1S/C10H8ClNO/c1-13-10-5-7-2-3-12-6-8(7)4-9(10)11/h2-6H,1H3. The van der Waals surface area contributed by atoms with Crippen molar-refractivity contribution in [3.05, 3.63) is 35.6 Å². The fourth-order valence-electron chi connectivity index (χ4n) is 1.24. The van der Waals surface area contributed by atoms with Crippen LogP contribution >= 0.6 is 11.6 Å². The van der Waals surface area contributed by atoms with Crippen molar-refractivity contribution in [3.8, 4) is 5.75 Å². The predicted octanol–water partition coefficient (Wildman–Crippen LogP) is 2.90. The molecule has 0 atom stereocenters. The molecule has 66 valence electrons. The van der Waals surface area contributed by atoms with Crippen LogP contribution < -0.4 is 4.74 Å². The van der Waals surface area contributed by atoms with E-state index in [0.717, 1.165) is 10.8 Å². The molecule has 0 saturated heterocycles. The van der Waals surface area contributed by atoms with Gasteiger partial charge in [-0.05, 0) is 23.6 Å². The molecular weight excluding hydrogens is 186 g/mol. The Morgan fingerprint density at radius 2 is 2.15 bits per heavy atom. The summed E-state index contributed by atoms with van der Waals surface area (Å²) in [4.78, 5) is 4.01. The Morgan fingerprint density at radius 3 is 2.92 bits per heavy atom. The molecule has 0 spiro atoms. The zero-order chi connectivity index (χ0) is 9.26. The van der Waals surface area contributed by atoms with Crippen LogP contribution in [0.1, 0.15) is 0 Å². The summed E-state index contributed by atoms with van der Waals surface area (Å²) in [6, 6.07) is 5.68. The smallest absolute Gasteiger partial charge is 0.138 e. The summed E-state index contributed by atoms with van der Waals surface area (Å²) in [6.07, 6.45) is 3.52. The number of hydrogen-bond acceptors (Lipinski definition) is 2. The number of fused-ring (bicyclic) bond motifs is 1. The minimum atomic E-state index is 0.614. The van der Waals surface area contributed by atoms with Crippen molar-refractivity contribution < 1.29 is 4.74 Å². The van der Waals surface area contributed by atoms with Crippen LogP contribution in [0.25, 0.3) is 10.8 Å². The quantitative estimate of drug-likeness (QED) is 0.695. The maximum atomic E-state index is 5.95. The number of ether oxygens (including phenoxy) is 1. The fourth-order valence-corrected chi connectivity index (χ4v) is 1.49. The van der Waals surface area contributed by atoms with Gasteiger partial charge in [0.05, 0.1) is 12.1 Å². The second-order valence-corrected chi connectivity index (χ2v) is 3.12. The van der Waals surface area contributed by atoms with Crippen molar-refractivity contribution in [3.63, 3.8) is 0 Å². The lowest BCUT2D eigenvalue weighted by molar-refractivity contribution is 0.415. The van der Waals surface area contributed by atoms with Gasteiger partial charge in [0.15, 0.2) is 0 Å². The molecule has 0 aliphatic carbocycles. The van der Waals surface area contributed by atoms with E-state index in [1.807, 2.05) is 18.2 Å². The van der Waals surface area contributed by atoms with Gasteiger partial charge in [-0.2, -0.15) is 0 Å². The zero-order valence-electron chi connectivity index (χ0n) is 7.12. The van der Waals surface area contributed by atoms with E-state index >= 15 is 0 Å². The molecule has 0 bridgehead atoms. The lowest BCUT2D eigenvalue weighted by Gasteiger charge is -2.04. The molecule has 0 radical (unpaired) electrons. The molecule has 0 saturated carbocycles. The molecule has 3 heteroatoms. The summed E-state index contributed by atoms with van der Waals surface area (Å²) >= 11 is 5.95. The van der Waals surface area contributed by atoms with Crippen molar-refractivity contribution in [2.45, 2.75) is 0 Å². The van der Waals surface area contributed by atoms with E-state index in [0.29, 0.717) is 10.8 Å². The molecular formula is C10H8ClNO. The number of methoxy groups -OCH3 is 1. The summed E-state index contributed by atoms with van der Waals surface area (Å²) in [5.74, 6) is 0.695. The van der Waals surface area contributed by atoms with E-state index in [9.17, 15) is 0 Å². The van der Waals surface area contributed by atoms with Gasteiger partial charge >= 0.3 is 0 Å². The van der Waals surface area contributed by atoms with Crippen LogP contribution in [0.5, 0.6) is 5.75 Å². The Morgan fingerprint density at radius 1 is 1.31 bits per heavy atom. The first-order valence-corrected chi connectivity index (χ1v) is 4.26. The third kappa shape index (κ3) is 1.45. The fraction of sp³-hybridized carbons (Fsp3) is 0.100. The Balaban J connectivity index is 2.74. The SMILES string of the molecule is COc1cc2ccncc2cc1Cl. The number of pyridine rings is 1. The van der Waals surface area contributed by atoms with Gasteiger partial charge in [0.1, 0.15) is 5.75 Å². The van der Waals surface area contributed by atoms with Gasteiger partial charge in [-0.3, -0.25) is 4.98 Å². The maximum absolute atomic E-state index is 5.95. The van der Waals surface area contributed by atoms with Crippen molar-refractivity contribution in [1.82, 2.24) is 4.98 Å². The summed E-state index contributed by atoms with van der Waals surface area (Å²) in [5.41, 5.74) is 0. The highest BCUT2D eigenvalue weighted by Crippen LogP contribution is 2.28. The lowest BCUT2D eigenvalue weighted by Crippen LogP contribution is -1.84. The highest BCUT2D eigenvalue weighted by atomic mass is 35.5. The van der Waals surface area contributed by atoms with E-state index < -0.39 is 0 Å². The predicted molar refractivity (Wildman–Crippen MR) is 53.3 cm³/mol. The molecule has 1 aromatic heterocycles. The van der Waals surface area contributed by atoms with Crippen LogP contribution in [0.15, 0.2) is 30.6 Å². The molecule has 0 aliphatic heterocycles. The maximum Gasteiger partial charge on any atom is 0.138 e. The minimum Gasteiger partial charge on any atom is -0.495 e. The van der Waals surface area contributed by atoms with Gasteiger partial charge in [0.2, 0.25) is 0 Å². The van der Waals surface area contributed by atoms with Crippen molar-refractivity contribution in [2.75, 3.05) is 7.11 Å². The van der Waals surface area contributed by atoms with Gasteiger partial charge in [-0.15, -0.1) is 0 Å². The van der Waals surface area contributed by atoms with Crippen LogP contribution in [0.2, 0.25) is 5.02 Å². The highest BCUT2D eigenvalue weighted by molar-refractivity contribution is 6.32. The molecule has 1 heterocycles. The van der Waals surface area contributed by atoms with Crippen molar-refractivity contribution in [1.29, 1.82) is 0 Å². The number of benzene rings is 1. The number of rotatable bonds is 1. The Labute approximate surface area is 81.1 Å². The summed E-state index contributed by atoms with van der Waals surface area (Å²) in [5, 5.41) is 2.72. The average molecular weight is 194 g/mol. The third-order valence-electron chi connectivity index (χ3n) is 1.91. The van der Waals surface area contributed by atoms with Gasteiger partial charge < -0.3 is 4.74 Å². The summed E-state index contributed by atoms with van der Waals surface area (Å²) in [7, 11) is 1.61. The normalized spacial score (nSPS) is 10.3. The number of halogens is 1. The Hall–Kier alpha value is -1.28. The molecule has 0 amide bonds. The molecule has 13 heavy (non-hydrogen) atoms. The topological polar surface area (TPSA) is 22.1 Å². The second-order valence-electron chi connectivity index (χ2n) is 2.71. The molecule has 2 rings (SSSR count). The first kappa shape index (κ1) is 8.32. The number of aromatic nitrogens is 1. The first-order chi connectivity index (χ1) is 6.31.